The zero-order valence-corrected chi connectivity index (χ0v) is 11.6. The number of pyridine rings is 1. The van der Waals surface area contributed by atoms with E-state index in [2.05, 4.69) is 15.6 Å². The van der Waals surface area contributed by atoms with Gasteiger partial charge in [-0.3, -0.25) is 9.78 Å². The number of nitrogens with zero attached hydrogens (tertiary/aromatic N) is 1. The van der Waals surface area contributed by atoms with Crippen molar-refractivity contribution in [2.45, 2.75) is 38.6 Å². The zero-order valence-electron chi connectivity index (χ0n) is 11.6. The first kappa shape index (κ1) is 14.0. The lowest BCUT2D eigenvalue weighted by Gasteiger charge is -2.22. The van der Waals surface area contributed by atoms with Crippen molar-refractivity contribution >= 4 is 5.91 Å². The van der Waals surface area contributed by atoms with E-state index in [-0.39, 0.29) is 11.9 Å². The van der Waals surface area contributed by atoms with Gasteiger partial charge in [0.25, 0.3) is 0 Å². The molecule has 0 aromatic carbocycles. The van der Waals surface area contributed by atoms with Crippen molar-refractivity contribution in [3.05, 3.63) is 30.1 Å². The number of nitrogens with one attached hydrogen (secondary N) is 2. The maximum absolute atomic E-state index is 11.9. The fourth-order valence-corrected chi connectivity index (χ4v) is 2.53. The Hall–Kier alpha value is -1.42. The standard InChI is InChI=1S/C15H23N3O/c1-12(14-6-2-3-10-17-14)18-15(19)8-7-13-5-4-9-16-11-13/h2-3,6,10,12-13,16H,4-5,7-9,11H2,1H3,(H,18,19). The van der Waals surface area contributed by atoms with Crippen LogP contribution in [0.3, 0.4) is 0 Å². The van der Waals surface area contributed by atoms with Crippen LogP contribution in [-0.4, -0.2) is 24.0 Å². The van der Waals surface area contributed by atoms with Crippen LogP contribution in [-0.2, 0) is 4.79 Å². The van der Waals surface area contributed by atoms with Crippen LogP contribution in [0.15, 0.2) is 24.4 Å². The number of hydrogen-bond acceptors (Lipinski definition) is 3. The van der Waals surface area contributed by atoms with E-state index in [4.69, 9.17) is 0 Å². The predicted molar refractivity (Wildman–Crippen MR) is 75.6 cm³/mol. The van der Waals surface area contributed by atoms with Crippen LogP contribution in [0.25, 0.3) is 0 Å². The average molecular weight is 261 g/mol. The monoisotopic (exact) mass is 261 g/mol. The summed E-state index contributed by atoms with van der Waals surface area (Å²) in [6, 6.07) is 5.75. The lowest BCUT2D eigenvalue weighted by atomic mass is 9.94. The van der Waals surface area contributed by atoms with E-state index in [1.807, 2.05) is 25.1 Å². The van der Waals surface area contributed by atoms with Crippen LogP contribution in [0.2, 0.25) is 0 Å². The fourth-order valence-electron chi connectivity index (χ4n) is 2.53. The van der Waals surface area contributed by atoms with E-state index >= 15 is 0 Å². The van der Waals surface area contributed by atoms with Gasteiger partial charge in [0.2, 0.25) is 5.91 Å². The lowest BCUT2D eigenvalue weighted by Crippen LogP contribution is -2.32. The minimum atomic E-state index is -0.0156. The molecule has 104 valence electrons. The van der Waals surface area contributed by atoms with Gasteiger partial charge in [0, 0.05) is 12.6 Å². The Morgan fingerprint density at radius 3 is 3.16 bits per heavy atom. The molecule has 2 rings (SSSR count). The van der Waals surface area contributed by atoms with Crippen molar-refractivity contribution in [2.75, 3.05) is 13.1 Å². The highest BCUT2D eigenvalue weighted by molar-refractivity contribution is 5.76. The number of carbonyl (C=O) groups is 1. The third-order valence-corrected chi connectivity index (χ3v) is 3.69. The van der Waals surface area contributed by atoms with Gasteiger partial charge in [0.15, 0.2) is 0 Å². The summed E-state index contributed by atoms with van der Waals surface area (Å²) >= 11 is 0. The fraction of sp³-hybridized carbons (Fsp3) is 0.600. The lowest BCUT2D eigenvalue weighted by molar-refractivity contribution is -0.122. The van der Waals surface area contributed by atoms with Gasteiger partial charge in [-0.15, -0.1) is 0 Å². The second-order valence-corrected chi connectivity index (χ2v) is 5.29. The van der Waals surface area contributed by atoms with Crippen LogP contribution in [0.1, 0.15) is 44.3 Å². The molecule has 0 aliphatic carbocycles. The molecule has 1 amide bonds. The third-order valence-electron chi connectivity index (χ3n) is 3.69. The van der Waals surface area contributed by atoms with Gasteiger partial charge < -0.3 is 10.6 Å². The van der Waals surface area contributed by atoms with Crippen molar-refractivity contribution in [2.24, 2.45) is 5.92 Å². The van der Waals surface area contributed by atoms with Crippen molar-refractivity contribution in [3.8, 4) is 0 Å². The van der Waals surface area contributed by atoms with Gasteiger partial charge in [0.05, 0.1) is 11.7 Å². The van der Waals surface area contributed by atoms with Gasteiger partial charge in [-0.2, -0.15) is 0 Å². The summed E-state index contributed by atoms with van der Waals surface area (Å²) in [6.07, 6.45) is 5.83. The van der Waals surface area contributed by atoms with Crippen molar-refractivity contribution < 1.29 is 4.79 Å². The van der Waals surface area contributed by atoms with Crippen LogP contribution in [0.5, 0.6) is 0 Å². The summed E-state index contributed by atoms with van der Waals surface area (Å²) in [5, 5.41) is 6.40. The Morgan fingerprint density at radius 2 is 2.47 bits per heavy atom. The highest BCUT2D eigenvalue weighted by Crippen LogP contribution is 2.16. The van der Waals surface area contributed by atoms with E-state index in [0.717, 1.165) is 25.2 Å². The highest BCUT2D eigenvalue weighted by atomic mass is 16.1. The summed E-state index contributed by atoms with van der Waals surface area (Å²) in [4.78, 5) is 16.2. The molecule has 2 heterocycles. The Morgan fingerprint density at radius 1 is 1.58 bits per heavy atom. The Labute approximate surface area is 115 Å². The molecule has 1 saturated heterocycles. The maximum Gasteiger partial charge on any atom is 0.220 e. The summed E-state index contributed by atoms with van der Waals surface area (Å²) in [6.45, 7) is 4.16. The summed E-state index contributed by atoms with van der Waals surface area (Å²) in [5.74, 6) is 0.786. The first-order valence-corrected chi connectivity index (χ1v) is 7.16. The molecule has 1 aromatic heterocycles. The van der Waals surface area contributed by atoms with Crippen molar-refractivity contribution in [3.63, 3.8) is 0 Å². The Balaban J connectivity index is 1.71. The van der Waals surface area contributed by atoms with Crippen LogP contribution < -0.4 is 10.6 Å². The number of carbonyl (C=O) groups excluding carboxylic acids is 1. The van der Waals surface area contributed by atoms with E-state index < -0.39 is 0 Å². The molecule has 0 saturated carbocycles. The molecule has 1 aromatic rings. The molecule has 1 aliphatic heterocycles. The van der Waals surface area contributed by atoms with Gasteiger partial charge in [0.1, 0.15) is 0 Å². The first-order chi connectivity index (χ1) is 9.25. The molecular weight excluding hydrogens is 238 g/mol. The number of aromatic nitrogens is 1. The van der Waals surface area contributed by atoms with Crippen LogP contribution in [0, 0.1) is 5.92 Å². The molecule has 4 heteroatoms. The molecule has 2 N–H and O–H groups in total. The number of hydrogen-bond donors (Lipinski definition) is 2. The number of amides is 1. The van der Waals surface area contributed by atoms with Gasteiger partial charge in [-0.05, 0) is 57.3 Å². The topological polar surface area (TPSA) is 54.0 Å². The molecule has 0 radical (unpaired) electrons. The van der Waals surface area contributed by atoms with Crippen LogP contribution >= 0.6 is 0 Å². The second-order valence-electron chi connectivity index (χ2n) is 5.29. The smallest absolute Gasteiger partial charge is 0.220 e. The average Bonchev–Trinajstić information content (AvgIpc) is 2.47. The first-order valence-electron chi connectivity index (χ1n) is 7.16. The van der Waals surface area contributed by atoms with Crippen molar-refractivity contribution in [1.29, 1.82) is 0 Å². The van der Waals surface area contributed by atoms with Crippen molar-refractivity contribution in [1.82, 2.24) is 15.6 Å². The summed E-state index contributed by atoms with van der Waals surface area (Å²) < 4.78 is 0. The van der Waals surface area contributed by atoms with Gasteiger partial charge in [-0.1, -0.05) is 6.07 Å². The molecule has 4 nitrogen and oxygen atoms in total. The molecule has 2 unspecified atom stereocenters. The number of piperidine rings is 1. The van der Waals surface area contributed by atoms with E-state index in [9.17, 15) is 4.79 Å². The molecule has 19 heavy (non-hydrogen) atoms. The molecule has 0 bridgehead atoms. The molecule has 1 fully saturated rings. The Kier molecular flexibility index (Phi) is 5.33. The molecular formula is C15H23N3O. The SMILES string of the molecule is CC(NC(=O)CCC1CCCNC1)c1ccccn1. The Bertz CT molecular complexity index is 388. The molecule has 2 atom stereocenters. The highest BCUT2D eigenvalue weighted by Gasteiger charge is 2.15. The van der Waals surface area contributed by atoms with E-state index in [0.29, 0.717) is 12.3 Å². The maximum atomic E-state index is 11.9. The quantitative estimate of drug-likeness (QED) is 0.853. The number of rotatable bonds is 5. The van der Waals surface area contributed by atoms with E-state index in [1.165, 1.54) is 12.8 Å². The molecule has 1 aliphatic rings. The van der Waals surface area contributed by atoms with E-state index in [1.54, 1.807) is 6.20 Å². The summed E-state index contributed by atoms with van der Waals surface area (Å²) in [5.41, 5.74) is 0.912. The minimum Gasteiger partial charge on any atom is -0.348 e. The van der Waals surface area contributed by atoms with Gasteiger partial charge in [-0.25, -0.2) is 0 Å². The zero-order chi connectivity index (χ0) is 13.5. The van der Waals surface area contributed by atoms with Crippen LogP contribution in [0.4, 0.5) is 0 Å². The third kappa shape index (κ3) is 4.63. The predicted octanol–water partition coefficient (Wildman–Crippen LogP) is 2.04. The van der Waals surface area contributed by atoms with Gasteiger partial charge >= 0.3 is 0 Å². The largest absolute Gasteiger partial charge is 0.348 e. The normalized spacial score (nSPS) is 20.8. The second kappa shape index (κ2) is 7.24. The summed E-state index contributed by atoms with van der Waals surface area (Å²) in [7, 11) is 0. The minimum absolute atomic E-state index is 0.0156. The molecule has 0 spiro atoms.